The van der Waals surface area contributed by atoms with Crippen LogP contribution in [0.5, 0.6) is 0 Å². The minimum Gasteiger partial charge on any atom is -0.333 e. The second-order valence-corrected chi connectivity index (χ2v) is 7.42. The molecule has 0 atom stereocenters. The molecular weight excluding hydrogens is 348 g/mol. The van der Waals surface area contributed by atoms with Gasteiger partial charge >= 0.3 is 0 Å². The molecule has 0 bridgehead atoms. The predicted octanol–water partition coefficient (Wildman–Crippen LogP) is 5.27. The minimum absolute atomic E-state index is 0.0150. The van der Waals surface area contributed by atoms with Crippen LogP contribution in [-0.2, 0) is 6.54 Å². The number of rotatable bonds is 10. The maximum absolute atomic E-state index is 13.1. The smallest absolute Gasteiger partial charge is 0.274 e. The fourth-order valence-electron chi connectivity index (χ4n) is 3.52. The second-order valence-electron chi connectivity index (χ2n) is 7.42. The van der Waals surface area contributed by atoms with E-state index in [0.717, 1.165) is 41.5 Å². The van der Waals surface area contributed by atoms with Gasteiger partial charge in [-0.3, -0.25) is 14.9 Å². The highest BCUT2D eigenvalue weighted by atomic mass is 16.2. The Bertz CT molecular complexity index is 897. The third kappa shape index (κ3) is 5.18. The number of aryl methyl sites for hydroxylation is 1. The zero-order valence-corrected chi connectivity index (χ0v) is 16.9. The van der Waals surface area contributed by atoms with Gasteiger partial charge in [0.15, 0.2) is 0 Å². The summed E-state index contributed by atoms with van der Waals surface area (Å²) in [6.45, 7) is 5.46. The third-order valence-electron chi connectivity index (χ3n) is 5.09. The van der Waals surface area contributed by atoms with Gasteiger partial charge in [-0.2, -0.15) is 5.10 Å². The van der Waals surface area contributed by atoms with Gasteiger partial charge < -0.3 is 4.90 Å². The average Bonchev–Trinajstić information content (AvgIpc) is 3.15. The number of carbonyl (C=O) groups excluding carboxylic acids is 1. The molecule has 3 rings (SSSR count). The lowest BCUT2D eigenvalue weighted by atomic mass is 10.1. The van der Waals surface area contributed by atoms with Crippen molar-refractivity contribution in [1.82, 2.24) is 20.1 Å². The van der Waals surface area contributed by atoms with Crippen molar-refractivity contribution < 1.29 is 4.79 Å². The van der Waals surface area contributed by atoms with E-state index in [4.69, 9.17) is 0 Å². The van der Waals surface area contributed by atoms with Gasteiger partial charge in [-0.1, -0.05) is 57.2 Å². The lowest BCUT2D eigenvalue weighted by Crippen LogP contribution is -2.32. The minimum atomic E-state index is -0.0150. The number of benzene rings is 1. The molecule has 28 heavy (non-hydrogen) atoms. The van der Waals surface area contributed by atoms with E-state index in [2.05, 4.69) is 28.2 Å². The highest BCUT2D eigenvalue weighted by Crippen LogP contribution is 2.19. The molecule has 0 saturated carbocycles. The van der Waals surface area contributed by atoms with Gasteiger partial charge in [0.05, 0.1) is 5.52 Å². The predicted molar refractivity (Wildman–Crippen MR) is 113 cm³/mol. The van der Waals surface area contributed by atoms with Gasteiger partial charge in [-0.05, 0) is 37.1 Å². The van der Waals surface area contributed by atoms with E-state index in [1.807, 2.05) is 48.4 Å². The van der Waals surface area contributed by atoms with Crippen LogP contribution in [0.25, 0.3) is 10.9 Å². The van der Waals surface area contributed by atoms with Gasteiger partial charge in [-0.25, -0.2) is 0 Å². The Morgan fingerprint density at radius 3 is 2.64 bits per heavy atom. The van der Waals surface area contributed by atoms with Crippen LogP contribution in [0.3, 0.4) is 0 Å². The van der Waals surface area contributed by atoms with Crippen molar-refractivity contribution in [2.24, 2.45) is 0 Å². The molecule has 0 aliphatic heterocycles. The molecule has 1 N–H and O–H groups in total. The van der Waals surface area contributed by atoms with E-state index in [1.54, 1.807) is 0 Å². The molecular formula is C23H30N4O. The Kier molecular flexibility index (Phi) is 7.18. The summed E-state index contributed by atoms with van der Waals surface area (Å²) in [6.07, 6.45) is 9.04. The molecule has 0 fully saturated rings. The molecule has 1 amide bonds. The molecule has 0 saturated heterocycles. The van der Waals surface area contributed by atoms with Crippen LogP contribution >= 0.6 is 0 Å². The van der Waals surface area contributed by atoms with Crippen molar-refractivity contribution in [3.63, 3.8) is 0 Å². The Balaban J connectivity index is 1.74. The van der Waals surface area contributed by atoms with E-state index in [-0.39, 0.29) is 5.91 Å². The van der Waals surface area contributed by atoms with E-state index >= 15 is 0 Å². The van der Waals surface area contributed by atoms with Crippen LogP contribution in [0.1, 0.15) is 67.2 Å². The molecule has 0 aliphatic rings. The molecule has 0 unspecified atom stereocenters. The number of hydrogen-bond acceptors (Lipinski definition) is 3. The number of nitrogens with zero attached hydrogens (tertiary/aromatic N) is 3. The lowest BCUT2D eigenvalue weighted by molar-refractivity contribution is 0.0734. The summed E-state index contributed by atoms with van der Waals surface area (Å²) in [4.78, 5) is 19.5. The Morgan fingerprint density at radius 2 is 1.86 bits per heavy atom. The van der Waals surface area contributed by atoms with Crippen LogP contribution in [0, 0.1) is 6.92 Å². The molecule has 0 spiro atoms. The fourth-order valence-corrected chi connectivity index (χ4v) is 3.52. The molecule has 5 heteroatoms. The first-order valence-corrected chi connectivity index (χ1v) is 10.3. The number of para-hydroxylation sites is 1. The maximum atomic E-state index is 13.1. The summed E-state index contributed by atoms with van der Waals surface area (Å²) in [6, 6.07) is 11.9. The van der Waals surface area contributed by atoms with Gasteiger partial charge in [0.2, 0.25) is 0 Å². The second kappa shape index (κ2) is 10.0. The van der Waals surface area contributed by atoms with E-state index in [1.165, 1.54) is 25.7 Å². The summed E-state index contributed by atoms with van der Waals surface area (Å²) < 4.78 is 0. The van der Waals surface area contributed by atoms with E-state index < -0.39 is 0 Å². The number of hydrogen-bond donors (Lipinski definition) is 1. The van der Waals surface area contributed by atoms with Crippen molar-refractivity contribution in [2.75, 3.05) is 6.54 Å². The Hall–Kier alpha value is -2.69. The molecule has 0 aliphatic carbocycles. The first-order chi connectivity index (χ1) is 13.7. The monoisotopic (exact) mass is 378 g/mol. The van der Waals surface area contributed by atoms with Gasteiger partial charge in [0.1, 0.15) is 5.69 Å². The van der Waals surface area contributed by atoms with E-state index in [9.17, 15) is 4.79 Å². The summed E-state index contributed by atoms with van der Waals surface area (Å²) in [5.41, 5.74) is 3.47. The SMILES string of the molecule is CCCCCCCCN(Cc1ccnc2ccccc12)C(=O)c1cc(C)[nH]n1. The van der Waals surface area contributed by atoms with Crippen molar-refractivity contribution in [2.45, 2.75) is 58.9 Å². The summed E-state index contributed by atoms with van der Waals surface area (Å²) in [5.74, 6) is -0.0150. The zero-order chi connectivity index (χ0) is 19.8. The van der Waals surface area contributed by atoms with Crippen LogP contribution in [-0.4, -0.2) is 32.5 Å². The molecule has 148 valence electrons. The standard InChI is InChI=1S/C23H30N4O/c1-3-4-5-6-7-10-15-27(23(28)22-16-18(2)25-26-22)17-19-13-14-24-21-12-9-8-11-20(19)21/h8-9,11-14,16H,3-7,10,15,17H2,1-2H3,(H,25,26). The topological polar surface area (TPSA) is 61.9 Å². The van der Waals surface area contributed by atoms with Gasteiger partial charge in [-0.15, -0.1) is 0 Å². The molecule has 2 aromatic heterocycles. The van der Waals surface area contributed by atoms with Crippen LogP contribution < -0.4 is 0 Å². The summed E-state index contributed by atoms with van der Waals surface area (Å²) >= 11 is 0. The quantitative estimate of drug-likeness (QED) is 0.489. The number of H-pyrrole nitrogens is 1. The van der Waals surface area contributed by atoms with Gasteiger partial charge in [0.25, 0.3) is 5.91 Å². The summed E-state index contributed by atoms with van der Waals surface area (Å²) in [7, 11) is 0. The fraction of sp³-hybridized carbons (Fsp3) is 0.435. The number of aromatic nitrogens is 3. The number of unbranched alkanes of at least 4 members (excludes halogenated alkanes) is 5. The normalized spacial score (nSPS) is 11.1. The molecule has 3 aromatic rings. The molecule has 0 radical (unpaired) electrons. The van der Waals surface area contributed by atoms with Gasteiger partial charge in [0, 0.05) is 30.4 Å². The Labute approximate surface area is 167 Å². The Morgan fingerprint density at radius 1 is 1.07 bits per heavy atom. The first-order valence-electron chi connectivity index (χ1n) is 10.3. The number of pyridine rings is 1. The van der Waals surface area contributed by atoms with Crippen molar-refractivity contribution in [3.05, 3.63) is 59.5 Å². The third-order valence-corrected chi connectivity index (χ3v) is 5.09. The number of nitrogens with one attached hydrogen (secondary N) is 1. The highest BCUT2D eigenvalue weighted by Gasteiger charge is 2.19. The number of fused-ring (bicyclic) bond motifs is 1. The number of amides is 1. The number of carbonyl (C=O) groups is 1. The maximum Gasteiger partial charge on any atom is 0.274 e. The largest absolute Gasteiger partial charge is 0.333 e. The number of aromatic amines is 1. The van der Waals surface area contributed by atoms with E-state index in [0.29, 0.717) is 12.2 Å². The first kappa shape index (κ1) is 20.1. The highest BCUT2D eigenvalue weighted by molar-refractivity contribution is 5.92. The molecule has 1 aromatic carbocycles. The van der Waals surface area contributed by atoms with Crippen molar-refractivity contribution >= 4 is 16.8 Å². The van der Waals surface area contributed by atoms with Crippen LogP contribution in [0.15, 0.2) is 42.6 Å². The summed E-state index contributed by atoms with van der Waals surface area (Å²) in [5, 5.41) is 8.16. The molecule has 5 nitrogen and oxygen atoms in total. The lowest BCUT2D eigenvalue weighted by Gasteiger charge is -2.23. The molecule has 2 heterocycles. The van der Waals surface area contributed by atoms with Crippen molar-refractivity contribution in [1.29, 1.82) is 0 Å². The van der Waals surface area contributed by atoms with Crippen LogP contribution in [0.2, 0.25) is 0 Å². The zero-order valence-electron chi connectivity index (χ0n) is 16.9. The van der Waals surface area contributed by atoms with Crippen LogP contribution in [0.4, 0.5) is 0 Å². The van der Waals surface area contributed by atoms with Crippen molar-refractivity contribution in [3.8, 4) is 0 Å². The average molecular weight is 379 g/mol.